The predicted molar refractivity (Wildman–Crippen MR) is 83.0 cm³/mol. The minimum atomic E-state index is -0.314. The number of halogens is 1. The highest BCUT2D eigenvalue weighted by Crippen LogP contribution is 2.26. The van der Waals surface area contributed by atoms with Gasteiger partial charge in [-0.05, 0) is 37.1 Å². The lowest BCUT2D eigenvalue weighted by Gasteiger charge is -2.13. The fraction of sp³-hybridized carbons (Fsp3) is 0.353. The van der Waals surface area contributed by atoms with Gasteiger partial charge < -0.3 is 0 Å². The van der Waals surface area contributed by atoms with E-state index in [1.807, 2.05) is 27.7 Å². The summed E-state index contributed by atoms with van der Waals surface area (Å²) in [5.74, 6) is 0.418. The summed E-state index contributed by atoms with van der Waals surface area (Å²) in [6.07, 6.45) is 0.771. The number of nitrogens with zero attached hydrogens (tertiary/aromatic N) is 2. The third-order valence-electron chi connectivity index (χ3n) is 2.87. The highest BCUT2D eigenvalue weighted by atomic mass is 19.1. The van der Waals surface area contributed by atoms with Crippen LogP contribution >= 0.6 is 0 Å². The summed E-state index contributed by atoms with van der Waals surface area (Å²) in [4.78, 5) is 20.0. The number of carbonyl (C=O) groups is 1. The zero-order valence-corrected chi connectivity index (χ0v) is 13.1. The minimum Gasteiger partial charge on any atom is -0.298 e. The topological polar surface area (TPSA) is 42.9 Å². The Kier molecular flexibility index (Phi) is 6.15. The van der Waals surface area contributed by atoms with Crippen LogP contribution in [-0.2, 0) is 0 Å². The third-order valence-corrected chi connectivity index (χ3v) is 2.87. The first-order chi connectivity index (χ1) is 10.0. The highest BCUT2D eigenvalue weighted by Gasteiger charge is 2.16. The molecule has 2 rings (SSSR count). The maximum Gasteiger partial charge on any atom is 0.154 e. The van der Waals surface area contributed by atoms with E-state index in [1.165, 1.54) is 12.1 Å². The molecule has 2 aromatic rings. The molecule has 1 aromatic heterocycles. The average molecular weight is 288 g/mol. The molecule has 21 heavy (non-hydrogen) atoms. The van der Waals surface area contributed by atoms with Crippen LogP contribution in [0.5, 0.6) is 0 Å². The molecule has 0 amide bonds. The van der Waals surface area contributed by atoms with E-state index in [0.717, 1.165) is 17.5 Å². The molecule has 1 heterocycles. The second-order valence-electron chi connectivity index (χ2n) is 4.70. The second kappa shape index (κ2) is 7.62. The van der Waals surface area contributed by atoms with Gasteiger partial charge in [0.25, 0.3) is 0 Å². The van der Waals surface area contributed by atoms with Crippen LogP contribution in [0.4, 0.5) is 4.39 Å². The van der Waals surface area contributed by atoms with E-state index < -0.39 is 0 Å². The largest absolute Gasteiger partial charge is 0.298 e. The third kappa shape index (κ3) is 3.94. The average Bonchev–Trinajstić information content (AvgIpc) is 2.49. The fourth-order valence-electron chi connectivity index (χ4n) is 1.99. The van der Waals surface area contributed by atoms with E-state index >= 15 is 0 Å². The molecule has 0 N–H and O–H groups in total. The summed E-state index contributed by atoms with van der Waals surface area (Å²) in [5, 5.41) is 0. The van der Waals surface area contributed by atoms with Gasteiger partial charge in [0.1, 0.15) is 11.6 Å². The Hall–Kier alpha value is -2.10. The van der Waals surface area contributed by atoms with Crippen LogP contribution in [0.2, 0.25) is 0 Å². The van der Waals surface area contributed by atoms with Crippen molar-refractivity contribution < 1.29 is 9.18 Å². The van der Waals surface area contributed by atoms with Gasteiger partial charge in [0.05, 0.1) is 17.0 Å². The van der Waals surface area contributed by atoms with Crippen LogP contribution in [0.15, 0.2) is 24.3 Å². The zero-order valence-electron chi connectivity index (χ0n) is 13.1. The Morgan fingerprint density at radius 1 is 1.10 bits per heavy atom. The summed E-state index contributed by atoms with van der Waals surface area (Å²) < 4.78 is 13.0. The quantitative estimate of drug-likeness (QED) is 0.778. The van der Waals surface area contributed by atoms with Crippen LogP contribution in [0.3, 0.4) is 0 Å². The summed E-state index contributed by atoms with van der Waals surface area (Å²) >= 11 is 0. The van der Waals surface area contributed by atoms with Crippen molar-refractivity contribution in [3.05, 3.63) is 47.2 Å². The van der Waals surface area contributed by atoms with Crippen LogP contribution in [0, 0.1) is 12.7 Å². The molecule has 0 spiro atoms. The van der Waals surface area contributed by atoms with Gasteiger partial charge in [0.15, 0.2) is 6.29 Å². The van der Waals surface area contributed by atoms with E-state index in [0.29, 0.717) is 17.1 Å². The van der Waals surface area contributed by atoms with Gasteiger partial charge in [-0.2, -0.15) is 0 Å². The van der Waals surface area contributed by atoms with Crippen molar-refractivity contribution in [3.8, 4) is 11.3 Å². The Morgan fingerprint density at radius 3 is 2.14 bits per heavy atom. The molecule has 0 aliphatic carbocycles. The molecule has 112 valence electrons. The second-order valence-corrected chi connectivity index (χ2v) is 4.70. The standard InChI is InChI=1S/C15H15FN2O.C2H6/c1-9(2)14-13(8-19)15(18-10(3)17-14)11-4-6-12(16)7-5-11;1-2/h4-9H,1-3H3;1-2H3. The van der Waals surface area contributed by atoms with Gasteiger partial charge >= 0.3 is 0 Å². The number of benzene rings is 1. The van der Waals surface area contributed by atoms with Crippen molar-refractivity contribution in [1.29, 1.82) is 0 Å². The summed E-state index contributed by atoms with van der Waals surface area (Å²) in [5.41, 5.74) is 2.48. The van der Waals surface area contributed by atoms with Crippen molar-refractivity contribution >= 4 is 6.29 Å². The zero-order chi connectivity index (χ0) is 16.0. The Morgan fingerprint density at radius 2 is 1.67 bits per heavy atom. The maximum absolute atomic E-state index is 13.0. The van der Waals surface area contributed by atoms with Gasteiger partial charge in [-0.3, -0.25) is 4.79 Å². The van der Waals surface area contributed by atoms with Crippen LogP contribution in [0.25, 0.3) is 11.3 Å². The molecule has 0 bridgehead atoms. The molecular formula is C17H21FN2O. The number of carbonyl (C=O) groups excluding carboxylic acids is 1. The molecule has 0 saturated carbocycles. The summed E-state index contributed by atoms with van der Waals surface area (Å²) in [7, 11) is 0. The van der Waals surface area contributed by atoms with Crippen molar-refractivity contribution in [2.75, 3.05) is 0 Å². The molecule has 0 unspecified atom stereocenters. The molecule has 0 aliphatic heterocycles. The van der Waals surface area contributed by atoms with Gasteiger partial charge in [-0.1, -0.05) is 27.7 Å². The van der Waals surface area contributed by atoms with Gasteiger partial charge in [0.2, 0.25) is 0 Å². The van der Waals surface area contributed by atoms with Crippen molar-refractivity contribution in [1.82, 2.24) is 9.97 Å². The van der Waals surface area contributed by atoms with Crippen molar-refractivity contribution in [3.63, 3.8) is 0 Å². The molecular weight excluding hydrogens is 267 g/mol. The number of rotatable bonds is 3. The monoisotopic (exact) mass is 288 g/mol. The van der Waals surface area contributed by atoms with Gasteiger partial charge in [-0.15, -0.1) is 0 Å². The molecule has 0 saturated heterocycles. The molecule has 4 heteroatoms. The van der Waals surface area contributed by atoms with E-state index in [2.05, 4.69) is 9.97 Å². The lowest BCUT2D eigenvalue weighted by atomic mass is 9.99. The molecule has 0 atom stereocenters. The number of aldehydes is 1. The van der Waals surface area contributed by atoms with E-state index in [-0.39, 0.29) is 11.7 Å². The molecule has 0 fully saturated rings. The first-order valence-corrected chi connectivity index (χ1v) is 7.12. The first kappa shape index (κ1) is 17.0. The lowest BCUT2D eigenvalue weighted by molar-refractivity contribution is 0.112. The predicted octanol–water partition coefficient (Wildman–Crippen LogP) is 4.55. The van der Waals surface area contributed by atoms with Crippen molar-refractivity contribution in [2.24, 2.45) is 0 Å². The van der Waals surface area contributed by atoms with E-state index in [9.17, 15) is 9.18 Å². The summed E-state index contributed by atoms with van der Waals surface area (Å²) in [6, 6.07) is 5.95. The Bertz CT molecular complexity index is 607. The molecule has 0 radical (unpaired) electrons. The molecule has 0 aliphatic rings. The van der Waals surface area contributed by atoms with Gasteiger partial charge in [-0.25, -0.2) is 14.4 Å². The maximum atomic E-state index is 13.0. The number of hydrogen-bond acceptors (Lipinski definition) is 3. The van der Waals surface area contributed by atoms with E-state index in [1.54, 1.807) is 19.1 Å². The highest BCUT2D eigenvalue weighted by molar-refractivity contribution is 5.87. The first-order valence-electron chi connectivity index (χ1n) is 7.12. The summed E-state index contributed by atoms with van der Waals surface area (Å²) in [6.45, 7) is 9.74. The Balaban J connectivity index is 0.00000106. The van der Waals surface area contributed by atoms with Crippen LogP contribution in [0.1, 0.15) is 55.5 Å². The lowest BCUT2D eigenvalue weighted by Crippen LogP contribution is -2.06. The smallest absolute Gasteiger partial charge is 0.154 e. The number of aromatic nitrogens is 2. The Labute approximate surface area is 125 Å². The van der Waals surface area contributed by atoms with Crippen LogP contribution < -0.4 is 0 Å². The van der Waals surface area contributed by atoms with Gasteiger partial charge in [0, 0.05) is 5.56 Å². The molecule has 3 nitrogen and oxygen atoms in total. The minimum absolute atomic E-state index is 0.126. The number of aryl methyl sites for hydroxylation is 1. The SMILES string of the molecule is CC.Cc1nc(-c2ccc(F)cc2)c(C=O)c(C(C)C)n1. The number of hydrogen-bond donors (Lipinski definition) is 0. The van der Waals surface area contributed by atoms with Crippen molar-refractivity contribution in [2.45, 2.75) is 40.5 Å². The van der Waals surface area contributed by atoms with E-state index in [4.69, 9.17) is 0 Å². The van der Waals surface area contributed by atoms with Crippen LogP contribution in [-0.4, -0.2) is 16.3 Å². The molecule has 1 aromatic carbocycles. The fourth-order valence-corrected chi connectivity index (χ4v) is 1.99. The normalized spacial score (nSPS) is 10.0.